The van der Waals surface area contributed by atoms with Crippen LogP contribution in [-0.4, -0.2) is 11.2 Å². The molecule has 0 heterocycles. The van der Waals surface area contributed by atoms with Gasteiger partial charge < -0.3 is 5.11 Å². The molecule has 1 rings (SSSR count). The summed E-state index contributed by atoms with van der Waals surface area (Å²) in [5, 5.41) is 9.57. The summed E-state index contributed by atoms with van der Waals surface area (Å²) >= 11 is 0. The average Bonchev–Trinajstić information content (AvgIpc) is 1.98. The monoisotopic (exact) mass is 154 g/mol. The zero-order valence-corrected chi connectivity index (χ0v) is 7.29. The molecule has 0 saturated heterocycles. The third kappa shape index (κ3) is 2.33. The molecule has 0 amide bonds. The van der Waals surface area contributed by atoms with Crippen LogP contribution in [0.2, 0.25) is 0 Å². The van der Waals surface area contributed by atoms with E-state index in [0.29, 0.717) is 5.92 Å². The van der Waals surface area contributed by atoms with E-state index in [0.717, 1.165) is 18.8 Å². The van der Waals surface area contributed by atoms with Crippen LogP contribution in [0.3, 0.4) is 0 Å². The van der Waals surface area contributed by atoms with E-state index in [1.807, 2.05) is 6.08 Å². The van der Waals surface area contributed by atoms with Gasteiger partial charge in [-0.2, -0.15) is 0 Å². The smallest absolute Gasteiger partial charge is 0.0571 e. The van der Waals surface area contributed by atoms with Crippen LogP contribution in [0.15, 0.2) is 12.7 Å². The van der Waals surface area contributed by atoms with E-state index in [1.165, 1.54) is 12.8 Å². The molecule has 1 saturated carbocycles. The first-order chi connectivity index (χ1) is 5.24. The van der Waals surface area contributed by atoms with Crippen molar-refractivity contribution in [2.45, 2.75) is 38.7 Å². The van der Waals surface area contributed by atoms with Gasteiger partial charge in [0.15, 0.2) is 0 Å². The Balaban J connectivity index is 2.40. The average molecular weight is 154 g/mol. The van der Waals surface area contributed by atoms with Gasteiger partial charge in [0.25, 0.3) is 0 Å². The van der Waals surface area contributed by atoms with E-state index >= 15 is 0 Å². The van der Waals surface area contributed by atoms with Crippen LogP contribution in [0.25, 0.3) is 0 Å². The van der Waals surface area contributed by atoms with Crippen LogP contribution in [0.5, 0.6) is 0 Å². The fourth-order valence-corrected chi connectivity index (χ4v) is 1.95. The van der Waals surface area contributed by atoms with E-state index in [1.54, 1.807) is 0 Å². The fourth-order valence-electron chi connectivity index (χ4n) is 1.95. The van der Waals surface area contributed by atoms with E-state index in [-0.39, 0.29) is 6.10 Å². The van der Waals surface area contributed by atoms with Gasteiger partial charge in [0.05, 0.1) is 6.10 Å². The van der Waals surface area contributed by atoms with Crippen LogP contribution in [-0.2, 0) is 0 Å². The quantitative estimate of drug-likeness (QED) is 0.605. The van der Waals surface area contributed by atoms with Crippen LogP contribution < -0.4 is 0 Å². The van der Waals surface area contributed by atoms with Gasteiger partial charge in [-0.05, 0) is 37.5 Å². The van der Waals surface area contributed by atoms with Gasteiger partial charge in [0.2, 0.25) is 0 Å². The van der Waals surface area contributed by atoms with Gasteiger partial charge in [-0.1, -0.05) is 13.0 Å². The maximum absolute atomic E-state index is 9.57. The van der Waals surface area contributed by atoms with Crippen molar-refractivity contribution in [1.82, 2.24) is 0 Å². The molecule has 11 heavy (non-hydrogen) atoms. The van der Waals surface area contributed by atoms with Gasteiger partial charge in [0, 0.05) is 0 Å². The molecule has 1 heteroatoms. The molecule has 3 atom stereocenters. The van der Waals surface area contributed by atoms with Crippen LogP contribution >= 0.6 is 0 Å². The molecular formula is C10H18O. The molecule has 1 aliphatic rings. The maximum Gasteiger partial charge on any atom is 0.0571 e. The second-order valence-electron chi connectivity index (χ2n) is 3.77. The van der Waals surface area contributed by atoms with Crippen molar-refractivity contribution in [3.8, 4) is 0 Å². The van der Waals surface area contributed by atoms with Crippen LogP contribution in [0.1, 0.15) is 32.6 Å². The maximum atomic E-state index is 9.57. The van der Waals surface area contributed by atoms with Crippen molar-refractivity contribution >= 4 is 0 Å². The van der Waals surface area contributed by atoms with E-state index < -0.39 is 0 Å². The predicted molar refractivity (Wildman–Crippen MR) is 47.3 cm³/mol. The Labute approximate surface area is 69.1 Å². The van der Waals surface area contributed by atoms with Gasteiger partial charge in [-0.3, -0.25) is 0 Å². The fraction of sp³-hybridized carbons (Fsp3) is 0.800. The van der Waals surface area contributed by atoms with Crippen LogP contribution in [0, 0.1) is 11.8 Å². The lowest BCUT2D eigenvalue weighted by Crippen LogP contribution is -2.27. The minimum Gasteiger partial charge on any atom is -0.393 e. The summed E-state index contributed by atoms with van der Waals surface area (Å²) in [6.45, 7) is 5.97. The van der Waals surface area contributed by atoms with Gasteiger partial charge in [-0.25, -0.2) is 0 Å². The molecule has 0 aromatic rings. The Bertz CT molecular complexity index is 131. The first-order valence-electron chi connectivity index (χ1n) is 4.53. The molecule has 1 nitrogen and oxygen atoms in total. The van der Waals surface area contributed by atoms with E-state index in [4.69, 9.17) is 0 Å². The number of hydrogen-bond donors (Lipinski definition) is 1. The predicted octanol–water partition coefficient (Wildman–Crippen LogP) is 2.36. The Morgan fingerprint density at radius 2 is 2.27 bits per heavy atom. The van der Waals surface area contributed by atoms with Crippen molar-refractivity contribution in [1.29, 1.82) is 0 Å². The highest BCUT2D eigenvalue weighted by Gasteiger charge is 2.25. The number of allylic oxidation sites excluding steroid dienone is 1. The first-order valence-corrected chi connectivity index (χ1v) is 4.53. The third-order valence-corrected chi connectivity index (χ3v) is 2.67. The SMILES string of the molecule is C=CCC1CC(C)CCC1O. The Hall–Kier alpha value is -0.300. The summed E-state index contributed by atoms with van der Waals surface area (Å²) in [6, 6.07) is 0. The van der Waals surface area contributed by atoms with Crippen molar-refractivity contribution < 1.29 is 5.11 Å². The standard InChI is InChI=1S/C10H18O/c1-3-4-9-7-8(2)5-6-10(9)11/h3,8-11H,1,4-7H2,2H3. The van der Waals surface area contributed by atoms with Gasteiger partial charge in [0.1, 0.15) is 0 Å². The molecule has 0 aromatic carbocycles. The summed E-state index contributed by atoms with van der Waals surface area (Å²) in [4.78, 5) is 0. The zero-order chi connectivity index (χ0) is 8.27. The number of aliphatic hydroxyl groups is 1. The summed E-state index contributed by atoms with van der Waals surface area (Å²) < 4.78 is 0. The highest BCUT2D eigenvalue weighted by atomic mass is 16.3. The minimum absolute atomic E-state index is 0.0656. The topological polar surface area (TPSA) is 20.2 Å². The molecule has 0 bridgehead atoms. The molecule has 0 aromatic heterocycles. The molecule has 1 fully saturated rings. The molecule has 1 aliphatic carbocycles. The second-order valence-corrected chi connectivity index (χ2v) is 3.77. The summed E-state index contributed by atoms with van der Waals surface area (Å²) in [6.07, 6.45) is 6.18. The molecular weight excluding hydrogens is 136 g/mol. The lowest BCUT2D eigenvalue weighted by atomic mass is 9.79. The summed E-state index contributed by atoms with van der Waals surface area (Å²) in [5.74, 6) is 1.28. The Kier molecular flexibility index (Phi) is 3.13. The van der Waals surface area contributed by atoms with Crippen molar-refractivity contribution in [2.24, 2.45) is 11.8 Å². The molecule has 0 spiro atoms. The number of hydrogen-bond acceptors (Lipinski definition) is 1. The third-order valence-electron chi connectivity index (χ3n) is 2.67. The van der Waals surface area contributed by atoms with Crippen molar-refractivity contribution in [3.63, 3.8) is 0 Å². The van der Waals surface area contributed by atoms with Gasteiger partial charge >= 0.3 is 0 Å². The molecule has 3 unspecified atom stereocenters. The largest absolute Gasteiger partial charge is 0.393 e. The van der Waals surface area contributed by atoms with Crippen molar-refractivity contribution in [2.75, 3.05) is 0 Å². The lowest BCUT2D eigenvalue weighted by Gasteiger charge is -2.30. The van der Waals surface area contributed by atoms with Crippen molar-refractivity contribution in [3.05, 3.63) is 12.7 Å². The zero-order valence-electron chi connectivity index (χ0n) is 7.29. The van der Waals surface area contributed by atoms with E-state index in [9.17, 15) is 5.11 Å². The number of aliphatic hydroxyl groups excluding tert-OH is 1. The Morgan fingerprint density at radius 1 is 1.55 bits per heavy atom. The summed E-state index contributed by atoms with van der Waals surface area (Å²) in [7, 11) is 0. The molecule has 64 valence electrons. The summed E-state index contributed by atoms with van der Waals surface area (Å²) in [5.41, 5.74) is 0. The molecule has 0 aliphatic heterocycles. The minimum atomic E-state index is -0.0656. The lowest BCUT2D eigenvalue weighted by molar-refractivity contribution is 0.0533. The normalized spacial score (nSPS) is 38.5. The van der Waals surface area contributed by atoms with E-state index in [2.05, 4.69) is 13.5 Å². The van der Waals surface area contributed by atoms with Crippen LogP contribution in [0.4, 0.5) is 0 Å². The highest BCUT2D eigenvalue weighted by Crippen LogP contribution is 2.31. The number of rotatable bonds is 2. The van der Waals surface area contributed by atoms with Gasteiger partial charge in [-0.15, -0.1) is 6.58 Å². The second kappa shape index (κ2) is 3.91. The first kappa shape index (κ1) is 8.79. The molecule has 0 radical (unpaired) electrons. The highest BCUT2D eigenvalue weighted by molar-refractivity contribution is 4.83. The molecule has 1 N–H and O–H groups in total. The Morgan fingerprint density at radius 3 is 2.91 bits per heavy atom.